The molecule has 0 spiro atoms. The maximum absolute atomic E-state index is 6.03. The largest absolute Gasteiger partial charge is 0.439 e. The number of aromatic nitrogens is 2. The predicted octanol–water partition coefficient (Wildman–Crippen LogP) is 4.61. The Morgan fingerprint density at radius 3 is 2.42 bits per heavy atom. The molecule has 2 aromatic rings. The molecule has 1 aromatic carbocycles. The lowest BCUT2D eigenvalue weighted by atomic mass is 10.0. The van der Waals surface area contributed by atoms with Gasteiger partial charge in [0.15, 0.2) is 0 Å². The molecule has 0 saturated carbocycles. The van der Waals surface area contributed by atoms with Crippen LogP contribution in [0.1, 0.15) is 37.8 Å². The van der Waals surface area contributed by atoms with Crippen molar-refractivity contribution in [3.05, 3.63) is 46.9 Å². The minimum Gasteiger partial charge on any atom is -0.439 e. The van der Waals surface area contributed by atoms with Gasteiger partial charge in [-0.25, -0.2) is 9.97 Å². The minimum atomic E-state index is 0.450. The zero-order chi connectivity index (χ0) is 13.8. The normalized spacial score (nSPS) is 10.8. The molecule has 4 heteroatoms. The molecule has 1 heterocycles. The van der Waals surface area contributed by atoms with Crippen LogP contribution in [0, 0.1) is 0 Å². The van der Waals surface area contributed by atoms with Crippen molar-refractivity contribution in [1.82, 2.24) is 9.97 Å². The maximum atomic E-state index is 6.03. The molecule has 2 rings (SSSR count). The first-order valence-electron chi connectivity index (χ1n) is 6.39. The van der Waals surface area contributed by atoms with Gasteiger partial charge in [0, 0.05) is 0 Å². The lowest BCUT2D eigenvalue weighted by molar-refractivity contribution is 0.455. The summed E-state index contributed by atoms with van der Waals surface area (Å²) in [6.07, 6.45) is 2.15. The second-order valence-electron chi connectivity index (χ2n) is 4.63. The van der Waals surface area contributed by atoms with Gasteiger partial charge in [-0.05, 0) is 30.0 Å². The van der Waals surface area contributed by atoms with Gasteiger partial charge in [0.1, 0.15) is 17.2 Å². The van der Waals surface area contributed by atoms with E-state index < -0.39 is 0 Å². The molecule has 0 aliphatic rings. The molecule has 0 aliphatic carbocycles. The van der Waals surface area contributed by atoms with Gasteiger partial charge in [0.2, 0.25) is 5.88 Å². The summed E-state index contributed by atoms with van der Waals surface area (Å²) in [6.45, 7) is 6.32. The molecular weight excluding hydrogens is 260 g/mol. The van der Waals surface area contributed by atoms with Gasteiger partial charge in [0.25, 0.3) is 0 Å². The fourth-order valence-electron chi connectivity index (χ4n) is 1.79. The van der Waals surface area contributed by atoms with E-state index in [1.54, 1.807) is 0 Å². The van der Waals surface area contributed by atoms with Crippen molar-refractivity contribution in [3.63, 3.8) is 0 Å². The Labute approximate surface area is 118 Å². The summed E-state index contributed by atoms with van der Waals surface area (Å²) in [5.41, 5.74) is 2.11. The third-order valence-corrected chi connectivity index (χ3v) is 3.29. The van der Waals surface area contributed by atoms with Gasteiger partial charge in [-0.2, -0.15) is 0 Å². The smallest absolute Gasteiger partial charge is 0.226 e. The van der Waals surface area contributed by atoms with Gasteiger partial charge in [-0.15, -0.1) is 0 Å². The summed E-state index contributed by atoms with van der Waals surface area (Å²) >= 11 is 6.03. The monoisotopic (exact) mass is 276 g/mol. The number of hydrogen-bond acceptors (Lipinski definition) is 3. The summed E-state index contributed by atoms with van der Waals surface area (Å²) in [7, 11) is 0. The van der Waals surface area contributed by atoms with Crippen LogP contribution in [-0.2, 0) is 6.42 Å². The summed E-state index contributed by atoms with van der Waals surface area (Å²) in [5, 5.41) is 0.450. The molecule has 0 saturated heterocycles. The van der Waals surface area contributed by atoms with Crippen molar-refractivity contribution in [2.75, 3.05) is 0 Å². The SMILES string of the molecule is CCc1c(Cl)ncnc1Oc1ccc(C(C)C)cc1. The summed E-state index contributed by atoms with van der Waals surface area (Å²) in [4.78, 5) is 8.11. The first-order valence-corrected chi connectivity index (χ1v) is 6.76. The third-order valence-electron chi connectivity index (χ3n) is 2.97. The molecule has 1 aromatic heterocycles. The lowest BCUT2D eigenvalue weighted by Gasteiger charge is -2.10. The summed E-state index contributed by atoms with van der Waals surface area (Å²) < 4.78 is 5.78. The van der Waals surface area contributed by atoms with Gasteiger partial charge < -0.3 is 4.74 Å². The van der Waals surface area contributed by atoms with Gasteiger partial charge in [-0.1, -0.05) is 44.5 Å². The highest BCUT2D eigenvalue weighted by Crippen LogP contribution is 2.28. The first kappa shape index (κ1) is 13.8. The van der Waals surface area contributed by atoms with Crippen molar-refractivity contribution in [2.24, 2.45) is 0 Å². The predicted molar refractivity (Wildman–Crippen MR) is 77.0 cm³/mol. The Kier molecular flexibility index (Phi) is 4.38. The van der Waals surface area contributed by atoms with Crippen LogP contribution in [0.25, 0.3) is 0 Å². The van der Waals surface area contributed by atoms with E-state index in [2.05, 4.69) is 35.9 Å². The highest BCUT2D eigenvalue weighted by molar-refractivity contribution is 6.30. The fraction of sp³-hybridized carbons (Fsp3) is 0.333. The van der Waals surface area contributed by atoms with Crippen LogP contribution in [0.4, 0.5) is 0 Å². The zero-order valence-electron chi connectivity index (χ0n) is 11.4. The van der Waals surface area contributed by atoms with Crippen LogP contribution in [0.5, 0.6) is 11.6 Å². The quantitative estimate of drug-likeness (QED) is 0.765. The molecule has 0 amide bonds. The molecule has 100 valence electrons. The van der Waals surface area contributed by atoms with E-state index in [0.29, 0.717) is 17.0 Å². The Morgan fingerprint density at radius 2 is 1.84 bits per heavy atom. The highest BCUT2D eigenvalue weighted by atomic mass is 35.5. The van der Waals surface area contributed by atoms with Crippen molar-refractivity contribution in [2.45, 2.75) is 33.1 Å². The zero-order valence-corrected chi connectivity index (χ0v) is 12.1. The van der Waals surface area contributed by atoms with Crippen molar-refractivity contribution >= 4 is 11.6 Å². The van der Waals surface area contributed by atoms with Gasteiger partial charge in [-0.3, -0.25) is 0 Å². The van der Waals surface area contributed by atoms with E-state index in [4.69, 9.17) is 16.3 Å². The standard InChI is InChI=1S/C15H17ClN2O/c1-4-13-14(16)17-9-18-15(13)19-12-7-5-11(6-8-12)10(2)3/h5-10H,4H2,1-3H3. The topological polar surface area (TPSA) is 35.0 Å². The van der Waals surface area contributed by atoms with E-state index in [1.807, 2.05) is 19.1 Å². The fourth-order valence-corrected chi connectivity index (χ4v) is 2.05. The second-order valence-corrected chi connectivity index (χ2v) is 4.99. The number of halogens is 1. The molecule has 3 nitrogen and oxygen atoms in total. The molecule has 0 aliphatic heterocycles. The number of benzene rings is 1. The number of rotatable bonds is 4. The Bertz CT molecular complexity index is 553. The van der Waals surface area contributed by atoms with E-state index in [-0.39, 0.29) is 0 Å². The summed E-state index contributed by atoms with van der Waals surface area (Å²) in [6, 6.07) is 8.03. The second kappa shape index (κ2) is 6.02. The molecule has 0 atom stereocenters. The Hall–Kier alpha value is -1.61. The van der Waals surface area contributed by atoms with Crippen molar-refractivity contribution in [1.29, 1.82) is 0 Å². The van der Waals surface area contributed by atoms with E-state index in [1.165, 1.54) is 11.9 Å². The number of hydrogen-bond donors (Lipinski definition) is 0. The maximum Gasteiger partial charge on any atom is 0.226 e. The van der Waals surface area contributed by atoms with Crippen LogP contribution >= 0.6 is 11.6 Å². The molecule has 0 bridgehead atoms. The van der Waals surface area contributed by atoms with Crippen LogP contribution in [0.3, 0.4) is 0 Å². The number of nitrogens with zero attached hydrogens (tertiary/aromatic N) is 2. The molecule has 0 N–H and O–H groups in total. The van der Waals surface area contributed by atoms with Crippen molar-refractivity contribution in [3.8, 4) is 11.6 Å². The van der Waals surface area contributed by atoms with Crippen LogP contribution < -0.4 is 4.74 Å². The van der Waals surface area contributed by atoms with E-state index in [0.717, 1.165) is 17.7 Å². The van der Waals surface area contributed by atoms with Gasteiger partial charge in [0.05, 0.1) is 5.56 Å². The molecule has 0 radical (unpaired) electrons. The Balaban J connectivity index is 2.24. The van der Waals surface area contributed by atoms with Crippen molar-refractivity contribution < 1.29 is 4.74 Å². The lowest BCUT2D eigenvalue weighted by Crippen LogP contribution is -1.97. The molecular formula is C15H17ClN2O. The van der Waals surface area contributed by atoms with Crippen LogP contribution in [0.2, 0.25) is 5.15 Å². The first-order chi connectivity index (χ1) is 9.11. The number of ether oxygens (including phenoxy) is 1. The van der Waals surface area contributed by atoms with Crippen LogP contribution in [0.15, 0.2) is 30.6 Å². The summed E-state index contributed by atoms with van der Waals surface area (Å²) in [5.74, 6) is 1.79. The van der Waals surface area contributed by atoms with E-state index >= 15 is 0 Å². The molecule has 19 heavy (non-hydrogen) atoms. The minimum absolute atomic E-state index is 0.450. The van der Waals surface area contributed by atoms with E-state index in [9.17, 15) is 0 Å². The third kappa shape index (κ3) is 3.24. The van der Waals surface area contributed by atoms with Gasteiger partial charge >= 0.3 is 0 Å². The Morgan fingerprint density at radius 1 is 1.16 bits per heavy atom. The molecule has 0 fully saturated rings. The average molecular weight is 277 g/mol. The highest BCUT2D eigenvalue weighted by Gasteiger charge is 2.10. The van der Waals surface area contributed by atoms with Crippen LogP contribution in [-0.4, -0.2) is 9.97 Å². The molecule has 0 unspecified atom stereocenters. The average Bonchev–Trinajstić information content (AvgIpc) is 2.39.